The smallest absolute Gasteiger partial charge is 0.407 e. The molecule has 0 heterocycles. The molecule has 1 N–H and O–H groups in total. The number of hydrogen-bond acceptors (Lipinski definition) is 6. The monoisotopic (exact) mass is 531 g/mol. The maximum atomic E-state index is 14.7. The quantitative estimate of drug-likeness (QED) is 0.421. The maximum Gasteiger partial charge on any atom is 0.407 e. The molecule has 0 saturated heterocycles. The van der Waals surface area contributed by atoms with Gasteiger partial charge in [-0.25, -0.2) is 4.79 Å². The standard InChI is InChI=1S/C31H49NO6/c1-8-37-29(36)32-27-26-25(24(38-20(5)34)16-21-15-17(2)13-14-30(21,26)6)23-12-11-22(31(23,7)28(27)35)18(3)9-10-19(4)33/h17-18,21-27H,8-16H2,1-7H3,(H,32,36)/t17-,18-,21+,22?,23?,24-,25?,26?,27+,30+,31-/m1/s1. The second kappa shape index (κ2) is 10.9. The highest BCUT2D eigenvalue weighted by Gasteiger charge is 2.70. The molecule has 0 radical (unpaired) electrons. The van der Waals surface area contributed by atoms with E-state index in [2.05, 4.69) is 33.0 Å². The Morgan fingerprint density at radius 1 is 1.11 bits per heavy atom. The zero-order valence-corrected chi connectivity index (χ0v) is 24.5. The molecule has 4 aliphatic carbocycles. The fourth-order valence-electron chi connectivity index (χ4n) is 9.65. The molecule has 4 unspecified atom stereocenters. The summed E-state index contributed by atoms with van der Waals surface area (Å²) >= 11 is 0. The van der Waals surface area contributed by atoms with E-state index < -0.39 is 17.6 Å². The zero-order chi connectivity index (χ0) is 28.0. The van der Waals surface area contributed by atoms with Crippen molar-refractivity contribution in [1.82, 2.24) is 5.32 Å². The first-order valence-electron chi connectivity index (χ1n) is 15.0. The molecule has 11 atom stereocenters. The largest absolute Gasteiger partial charge is 0.462 e. The fraction of sp³-hybridized carbons (Fsp3) is 0.871. The Hall–Kier alpha value is -1.92. The molecule has 1 amide bonds. The lowest BCUT2D eigenvalue weighted by Gasteiger charge is -2.64. The second-order valence-corrected chi connectivity index (χ2v) is 13.6. The predicted octanol–water partition coefficient (Wildman–Crippen LogP) is 5.73. The molecule has 4 saturated carbocycles. The minimum Gasteiger partial charge on any atom is -0.462 e. The number of amides is 1. The van der Waals surface area contributed by atoms with E-state index in [1.54, 1.807) is 13.8 Å². The highest BCUT2D eigenvalue weighted by molar-refractivity contribution is 5.94. The predicted molar refractivity (Wildman–Crippen MR) is 144 cm³/mol. The van der Waals surface area contributed by atoms with E-state index in [4.69, 9.17) is 9.47 Å². The molecule has 7 nitrogen and oxygen atoms in total. The van der Waals surface area contributed by atoms with Crippen LogP contribution in [0.25, 0.3) is 0 Å². The first-order chi connectivity index (χ1) is 17.8. The van der Waals surface area contributed by atoms with E-state index in [1.807, 2.05) is 0 Å². The second-order valence-electron chi connectivity index (χ2n) is 13.6. The van der Waals surface area contributed by atoms with Crippen LogP contribution in [0.1, 0.15) is 99.8 Å². The van der Waals surface area contributed by atoms with Gasteiger partial charge in [-0.3, -0.25) is 9.59 Å². The highest BCUT2D eigenvalue weighted by Crippen LogP contribution is 2.68. The topological polar surface area (TPSA) is 98.8 Å². The van der Waals surface area contributed by atoms with E-state index in [0.717, 1.165) is 44.9 Å². The highest BCUT2D eigenvalue weighted by atomic mass is 16.5. The van der Waals surface area contributed by atoms with Crippen LogP contribution >= 0.6 is 0 Å². The Labute approximate surface area is 228 Å². The fourth-order valence-corrected chi connectivity index (χ4v) is 9.65. The molecule has 4 rings (SSSR count). The van der Waals surface area contributed by atoms with Crippen LogP contribution in [0.15, 0.2) is 0 Å². The Balaban J connectivity index is 1.81. The Morgan fingerprint density at radius 3 is 2.45 bits per heavy atom. The molecule has 214 valence electrons. The summed E-state index contributed by atoms with van der Waals surface area (Å²) in [6.45, 7) is 14.0. The van der Waals surface area contributed by atoms with Crippen molar-refractivity contribution in [2.75, 3.05) is 6.61 Å². The lowest BCUT2D eigenvalue weighted by molar-refractivity contribution is -0.198. The van der Waals surface area contributed by atoms with Crippen LogP contribution in [0.4, 0.5) is 4.79 Å². The number of Topliss-reactive ketones (excluding diaryl/α,β-unsaturated/α-hetero) is 2. The van der Waals surface area contributed by atoms with Crippen LogP contribution in [-0.4, -0.2) is 42.4 Å². The molecule has 0 spiro atoms. The summed E-state index contributed by atoms with van der Waals surface area (Å²) in [4.78, 5) is 51.8. The molecular formula is C31H49NO6. The van der Waals surface area contributed by atoms with Crippen molar-refractivity contribution in [1.29, 1.82) is 0 Å². The average molecular weight is 532 g/mol. The Morgan fingerprint density at radius 2 is 1.82 bits per heavy atom. The minimum atomic E-state index is -0.680. The maximum absolute atomic E-state index is 14.7. The normalized spacial score (nSPS) is 42.8. The van der Waals surface area contributed by atoms with Gasteiger partial charge in [0.1, 0.15) is 11.9 Å². The molecule has 4 fully saturated rings. The van der Waals surface area contributed by atoms with Gasteiger partial charge in [-0.15, -0.1) is 0 Å². The van der Waals surface area contributed by atoms with Gasteiger partial charge in [0.25, 0.3) is 0 Å². The van der Waals surface area contributed by atoms with Crippen molar-refractivity contribution in [3.05, 3.63) is 0 Å². The third kappa shape index (κ3) is 4.92. The van der Waals surface area contributed by atoms with Gasteiger partial charge in [-0.1, -0.05) is 34.1 Å². The van der Waals surface area contributed by atoms with Crippen LogP contribution in [0, 0.1) is 52.3 Å². The first-order valence-corrected chi connectivity index (χ1v) is 15.0. The number of rotatable bonds is 7. The van der Waals surface area contributed by atoms with Crippen LogP contribution in [0.2, 0.25) is 0 Å². The molecule has 38 heavy (non-hydrogen) atoms. The first kappa shape index (κ1) is 29.1. The number of fused-ring (bicyclic) bond motifs is 5. The number of esters is 1. The van der Waals surface area contributed by atoms with Crippen molar-refractivity contribution >= 4 is 23.6 Å². The molecule has 0 aromatic heterocycles. The van der Waals surface area contributed by atoms with Gasteiger partial charge in [0.2, 0.25) is 0 Å². The van der Waals surface area contributed by atoms with Crippen molar-refractivity contribution in [3.8, 4) is 0 Å². The summed E-state index contributed by atoms with van der Waals surface area (Å²) in [6, 6.07) is -0.680. The summed E-state index contributed by atoms with van der Waals surface area (Å²) in [5.74, 6) is 1.18. The number of hydrogen-bond donors (Lipinski definition) is 1. The third-order valence-electron chi connectivity index (χ3n) is 11.4. The molecule has 7 heteroatoms. The van der Waals surface area contributed by atoms with Crippen molar-refractivity contribution < 1.29 is 28.7 Å². The van der Waals surface area contributed by atoms with Gasteiger partial charge in [-0.2, -0.15) is 0 Å². The third-order valence-corrected chi connectivity index (χ3v) is 11.4. The lowest BCUT2D eigenvalue weighted by Crippen LogP contribution is -2.70. The summed E-state index contributed by atoms with van der Waals surface area (Å²) < 4.78 is 11.4. The number of ketones is 2. The van der Waals surface area contributed by atoms with E-state index in [1.165, 1.54) is 6.92 Å². The number of carbonyl (C=O) groups excluding carboxylic acids is 4. The number of alkyl carbamates (subject to hydrolysis) is 1. The summed E-state index contributed by atoms with van der Waals surface area (Å²) in [5, 5.41) is 3.05. The summed E-state index contributed by atoms with van der Waals surface area (Å²) in [7, 11) is 0. The summed E-state index contributed by atoms with van der Waals surface area (Å²) in [6.07, 6.45) is 6.22. The number of carbonyl (C=O) groups is 4. The number of ether oxygens (including phenoxy) is 2. The zero-order valence-electron chi connectivity index (χ0n) is 24.5. The van der Waals surface area contributed by atoms with Crippen molar-refractivity contribution in [2.45, 2.75) is 112 Å². The van der Waals surface area contributed by atoms with Crippen LogP contribution in [0.3, 0.4) is 0 Å². The minimum absolute atomic E-state index is 0.00631. The van der Waals surface area contributed by atoms with Gasteiger partial charge in [0, 0.05) is 24.7 Å². The molecule has 0 aliphatic heterocycles. The summed E-state index contributed by atoms with van der Waals surface area (Å²) in [5.41, 5.74) is -0.793. The molecule has 0 bridgehead atoms. The van der Waals surface area contributed by atoms with Gasteiger partial charge < -0.3 is 19.6 Å². The van der Waals surface area contributed by atoms with Gasteiger partial charge in [0.05, 0.1) is 12.6 Å². The average Bonchev–Trinajstić information content (AvgIpc) is 3.19. The Bertz CT molecular complexity index is 949. The lowest BCUT2D eigenvalue weighted by atomic mass is 9.41. The van der Waals surface area contributed by atoms with Crippen LogP contribution in [0.5, 0.6) is 0 Å². The van der Waals surface area contributed by atoms with Crippen molar-refractivity contribution in [3.63, 3.8) is 0 Å². The van der Waals surface area contributed by atoms with E-state index >= 15 is 0 Å². The van der Waals surface area contributed by atoms with E-state index in [0.29, 0.717) is 18.3 Å². The van der Waals surface area contributed by atoms with E-state index in [-0.39, 0.29) is 65.3 Å². The SMILES string of the molecule is CCOC(=O)N[C@@H]1C(=O)[C@@]2(C)C(CCC2[C@H](C)CCC(C)=O)C2C1[C@@]1(C)CC[C@@H](C)C[C@H]1C[C@H]2OC(C)=O. The molecule has 4 aliphatic rings. The van der Waals surface area contributed by atoms with Crippen LogP contribution < -0.4 is 5.32 Å². The van der Waals surface area contributed by atoms with E-state index in [9.17, 15) is 19.2 Å². The number of nitrogens with one attached hydrogen (secondary N) is 1. The molecular weight excluding hydrogens is 482 g/mol. The molecule has 0 aromatic rings. The van der Waals surface area contributed by atoms with Gasteiger partial charge in [-0.05, 0) is 93.3 Å². The van der Waals surface area contributed by atoms with Crippen LogP contribution in [-0.2, 0) is 23.9 Å². The Kier molecular flexibility index (Phi) is 8.36. The van der Waals surface area contributed by atoms with Gasteiger partial charge in [0.15, 0.2) is 5.78 Å². The van der Waals surface area contributed by atoms with Crippen molar-refractivity contribution in [2.24, 2.45) is 52.3 Å². The van der Waals surface area contributed by atoms with Gasteiger partial charge >= 0.3 is 12.1 Å². The molecule has 0 aromatic carbocycles.